The van der Waals surface area contributed by atoms with Crippen LogP contribution in [-0.2, 0) is 19.9 Å². The highest BCUT2D eigenvalue weighted by atomic mass is 16.6. The average molecular weight is 351 g/mol. The van der Waals surface area contributed by atoms with Crippen molar-refractivity contribution in [3.63, 3.8) is 0 Å². The van der Waals surface area contributed by atoms with Gasteiger partial charge in [-0.25, -0.2) is 0 Å². The zero-order valence-corrected chi connectivity index (χ0v) is 14.9. The van der Waals surface area contributed by atoms with Crippen molar-refractivity contribution in [1.82, 2.24) is 0 Å². The zero-order valence-electron chi connectivity index (χ0n) is 14.9. The number of nitriles is 1. The number of rotatable bonds is 7. The van der Waals surface area contributed by atoms with Gasteiger partial charge in [-0.15, -0.1) is 0 Å². The van der Waals surface area contributed by atoms with Crippen LogP contribution in [0.4, 0.5) is 0 Å². The van der Waals surface area contributed by atoms with E-state index in [1.54, 1.807) is 6.07 Å². The summed E-state index contributed by atoms with van der Waals surface area (Å²) in [7, 11) is 0. The Morgan fingerprint density at radius 1 is 1.08 bits per heavy atom. The third kappa shape index (κ3) is 4.09. The summed E-state index contributed by atoms with van der Waals surface area (Å²) in [4.78, 5) is 22.6. The number of nitrogens with zero attached hydrogens (tertiary/aromatic N) is 1. The van der Waals surface area contributed by atoms with Crippen molar-refractivity contribution in [2.45, 2.75) is 38.7 Å². The van der Waals surface area contributed by atoms with E-state index in [1.165, 1.54) is 0 Å². The Bertz CT molecular complexity index is 830. The predicted molar refractivity (Wildman–Crippen MR) is 97.2 cm³/mol. The number of carbonyl (C=O) groups excluding carboxylic acids is 1. The quantitative estimate of drug-likeness (QED) is 0.595. The van der Waals surface area contributed by atoms with Crippen molar-refractivity contribution >= 4 is 11.9 Å². The standard InChI is InChI=1S/C21H21NO4/c1-3-21(4-2,26-20(25)13-19(23)24)17-11-9-15(10-12-17)18-8-6-5-7-16(18)14-22/h5-12H,3-4,13H2,1-2H3,(H,23,24). The van der Waals surface area contributed by atoms with E-state index >= 15 is 0 Å². The third-order valence-electron chi connectivity index (χ3n) is 4.52. The molecule has 0 saturated heterocycles. The molecule has 5 nitrogen and oxygen atoms in total. The molecule has 0 atom stereocenters. The number of ether oxygens (including phenoxy) is 1. The minimum Gasteiger partial charge on any atom is -0.481 e. The summed E-state index contributed by atoms with van der Waals surface area (Å²) in [6.45, 7) is 3.80. The second-order valence-electron chi connectivity index (χ2n) is 5.98. The summed E-state index contributed by atoms with van der Waals surface area (Å²) >= 11 is 0. The van der Waals surface area contributed by atoms with Crippen LogP contribution in [0.1, 0.15) is 44.2 Å². The molecule has 134 valence electrons. The van der Waals surface area contributed by atoms with E-state index in [0.717, 1.165) is 16.7 Å². The van der Waals surface area contributed by atoms with Crippen LogP contribution in [0.25, 0.3) is 11.1 Å². The molecule has 0 saturated carbocycles. The molecule has 0 bridgehead atoms. The molecule has 0 aliphatic rings. The largest absolute Gasteiger partial charge is 0.481 e. The van der Waals surface area contributed by atoms with Gasteiger partial charge in [-0.1, -0.05) is 56.3 Å². The number of benzene rings is 2. The first-order valence-corrected chi connectivity index (χ1v) is 8.49. The smallest absolute Gasteiger partial charge is 0.318 e. The lowest BCUT2D eigenvalue weighted by Crippen LogP contribution is -2.32. The molecule has 2 rings (SSSR count). The molecular weight excluding hydrogens is 330 g/mol. The molecule has 0 aliphatic heterocycles. The van der Waals surface area contributed by atoms with Crippen molar-refractivity contribution in [2.24, 2.45) is 0 Å². The van der Waals surface area contributed by atoms with Crippen molar-refractivity contribution in [2.75, 3.05) is 0 Å². The van der Waals surface area contributed by atoms with Crippen LogP contribution in [0, 0.1) is 11.3 Å². The van der Waals surface area contributed by atoms with E-state index < -0.39 is 24.0 Å². The Morgan fingerprint density at radius 3 is 2.23 bits per heavy atom. The average Bonchev–Trinajstić information content (AvgIpc) is 2.65. The maximum Gasteiger partial charge on any atom is 0.318 e. The summed E-state index contributed by atoms with van der Waals surface area (Å²) in [6, 6.07) is 17.0. The fraction of sp³-hybridized carbons (Fsp3) is 0.286. The SMILES string of the molecule is CCC(CC)(OC(=O)CC(=O)O)c1ccc(-c2ccccc2C#N)cc1. The lowest BCUT2D eigenvalue weighted by atomic mass is 9.87. The molecule has 0 unspecified atom stereocenters. The van der Waals surface area contributed by atoms with Gasteiger partial charge in [-0.2, -0.15) is 5.26 Å². The van der Waals surface area contributed by atoms with Gasteiger partial charge in [0.1, 0.15) is 12.0 Å². The maximum atomic E-state index is 11.9. The number of esters is 1. The first-order valence-electron chi connectivity index (χ1n) is 8.49. The molecule has 5 heteroatoms. The van der Waals surface area contributed by atoms with Gasteiger partial charge in [0.2, 0.25) is 0 Å². The van der Waals surface area contributed by atoms with E-state index in [1.807, 2.05) is 56.3 Å². The third-order valence-corrected chi connectivity index (χ3v) is 4.52. The lowest BCUT2D eigenvalue weighted by Gasteiger charge is -2.32. The highest BCUT2D eigenvalue weighted by Gasteiger charge is 2.33. The van der Waals surface area contributed by atoms with Crippen LogP contribution in [-0.4, -0.2) is 17.0 Å². The van der Waals surface area contributed by atoms with Crippen LogP contribution >= 0.6 is 0 Å². The topological polar surface area (TPSA) is 87.4 Å². The summed E-state index contributed by atoms with van der Waals surface area (Å²) in [5.41, 5.74) is 2.26. The van der Waals surface area contributed by atoms with Gasteiger partial charge in [0.05, 0.1) is 11.6 Å². The Morgan fingerprint density at radius 2 is 1.69 bits per heavy atom. The van der Waals surface area contributed by atoms with Crippen LogP contribution in [0.5, 0.6) is 0 Å². The highest BCUT2D eigenvalue weighted by Crippen LogP contribution is 2.35. The van der Waals surface area contributed by atoms with Gasteiger partial charge in [0.25, 0.3) is 0 Å². The van der Waals surface area contributed by atoms with Crippen LogP contribution in [0.3, 0.4) is 0 Å². The second kappa shape index (κ2) is 8.30. The number of carbonyl (C=O) groups is 2. The first kappa shape index (κ1) is 19.2. The van der Waals surface area contributed by atoms with Gasteiger partial charge in [0, 0.05) is 0 Å². The molecule has 2 aromatic rings. The van der Waals surface area contributed by atoms with Crippen LogP contribution < -0.4 is 0 Å². The van der Waals surface area contributed by atoms with E-state index in [4.69, 9.17) is 9.84 Å². The number of carboxylic acids is 1. The number of hydrogen-bond donors (Lipinski definition) is 1. The lowest BCUT2D eigenvalue weighted by molar-refractivity contribution is -0.165. The molecule has 0 spiro atoms. The molecule has 1 N–H and O–H groups in total. The van der Waals surface area contributed by atoms with E-state index in [-0.39, 0.29) is 0 Å². The second-order valence-corrected chi connectivity index (χ2v) is 5.98. The summed E-state index contributed by atoms with van der Waals surface area (Å²) in [5.74, 6) is -1.96. The van der Waals surface area contributed by atoms with Crippen molar-refractivity contribution < 1.29 is 19.4 Å². The van der Waals surface area contributed by atoms with E-state index in [0.29, 0.717) is 18.4 Å². The molecule has 2 aromatic carbocycles. The van der Waals surface area contributed by atoms with Gasteiger partial charge in [-0.3, -0.25) is 9.59 Å². The Kier molecular flexibility index (Phi) is 6.13. The Balaban J connectivity index is 2.35. The fourth-order valence-corrected chi connectivity index (χ4v) is 3.02. The van der Waals surface area contributed by atoms with Crippen molar-refractivity contribution in [3.05, 3.63) is 59.7 Å². The normalized spacial score (nSPS) is 10.8. The molecule has 0 fully saturated rings. The molecule has 0 amide bonds. The molecule has 26 heavy (non-hydrogen) atoms. The minimum atomic E-state index is -1.21. The number of aliphatic carboxylic acids is 1. The van der Waals surface area contributed by atoms with Gasteiger partial charge in [0.15, 0.2) is 0 Å². The zero-order chi connectivity index (χ0) is 19.2. The van der Waals surface area contributed by atoms with E-state index in [2.05, 4.69) is 6.07 Å². The van der Waals surface area contributed by atoms with Gasteiger partial charge < -0.3 is 9.84 Å². The van der Waals surface area contributed by atoms with Gasteiger partial charge >= 0.3 is 11.9 Å². The molecule has 0 heterocycles. The number of hydrogen-bond acceptors (Lipinski definition) is 4. The molecule has 0 aliphatic carbocycles. The Hall–Kier alpha value is -3.13. The van der Waals surface area contributed by atoms with Crippen LogP contribution in [0.15, 0.2) is 48.5 Å². The monoisotopic (exact) mass is 351 g/mol. The summed E-state index contributed by atoms with van der Waals surface area (Å²) in [6.07, 6.45) is 0.404. The molecule has 0 radical (unpaired) electrons. The highest BCUT2D eigenvalue weighted by molar-refractivity contribution is 5.90. The Labute approximate surface area is 152 Å². The maximum absolute atomic E-state index is 11.9. The minimum absolute atomic E-state index is 0.531. The van der Waals surface area contributed by atoms with E-state index in [9.17, 15) is 14.9 Å². The summed E-state index contributed by atoms with van der Waals surface area (Å²) < 4.78 is 5.55. The predicted octanol–water partition coefficient (Wildman–Crippen LogP) is 4.26. The molecular formula is C21H21NO4. The van der Waals surface area contributed by atoms with Crippen molar-refractivity contribution in [3.8, 4) is 17.2 Å². The number of carboxylic acid groups (broad SMARTS) is 1. The van der Waals surface area contributed by atoms with Gasteiger partial charge in [-0.05, 0) is 35.6 Å². The first-order chi connectivity index (χ1) is 12.5. The van der Waals surface area contributed by atoms with Crippen molar-refractivity contribution in [1.29, 1.82) is 5.26 Å². The summed E-state index contributed by atoms with van der Waals surface area (Å²) in [5, 5.41) is 18.0. The van der Waals surface area contributed by atoms with Crippen LogP contribution in [0.2, 0.25) is 0 Å². The molecule has 0 aromatic heterocycles. The fourth-order valence-electron chi connectivity index (χ4n) is 3.02.